The Balaban J connectivity index is 2.10. The number of anilines is 1. The van der Waals surface area contributed by atoms with E-state index in [1.54, 1.807) is 0 Å². The highest BCUT2D eigenvalue weighted by Gasteiger charge is 2.21. The fourth-order valence-corrected chi connectivity index (χ4v) is 2.70. The van der Waals surface area contributed by atoms with E-state index in [-0.39, 0.29) is 24.5 Å². The number of halogens is 1. The third-order valence-electron chi connectivity index (χ3n) is 2.30. The highest BCUT2D eigenvalue weighted by atomic mass is 32.2. The van der Waals surface area contributed by atoms with E-state index in [1.165, 1.54) is 18.5 Å². The summed E-state index contributed by atoms with van der Waals surface area (Å²) >= 11 is 0. The van der Waals surface area contributed by atoms with Gasteiger partial charge in [0.05, 0.1) is 5.69 Å². The molecule has 0 radical (unpaired) electrons. The van der Waals surface area contributed by atoms with Crippen LogP contribution in [-0.4, -0.2) is 25.1 Å². The molecule has 7 nitrogen and oxygen atoms in total. The minimum Gasteiger partial charge on any atom is -0.398 e. The summed E-state index contributed by atoms with van der Waals surface area (Å²) in [6.45, 7) is -0.00169. The molecule has 0 unspecified atom stereocenters. The van der Waals surface area contributed by atoms with Gasteiger partial charge in [-0.15, -0.1) is 0 Å². The lowest BCUT2D eigenvalue weighted by Gasteiger charge is -2.08. The van der Waals surface area contributed by atoms with Crippen LogP contribution in [0.15, 0.2) is 33.9 Å². The Morgan fingerprint density at radius 1 is 1.42 bits per heavy atom. The molecule has 0 saturated heterocycles. The Hall–Kier alpha value is -2.00. The summed E-state index contributed by atoms with van der Waals surface area (Å²) in [6, 6.07) is 3.68. The van der Waals surface area contributed by atoms with Crippen LogP contribution in [0.2, 0.25) is 0 Å². The number of rotatable bonds is 5. The first-order valence-electron chi connectivity index (χ1n) is 5.30. The summed E-state index contributed by atoms with van der Waals surface area (Å²) in [6.07, 6.45) is 1.41. The number of hydrogen-bond acceptors (Lipinski definition) is 6. The average molecular weight is 286 g/mol. The summed E-state index contributed by atoms with van der Waals surface area (Å²) in [5.41, 5.74) is 5.33. The third-order valence-corrected chi connectivity index (χ3v) is 3.86. The zero-order chi connectivity index (χ0) is 13.9. The molecule has 0 amide bonds. The average Bonchev–Trinajstić information content (AvgIpc) is 2.81. The van der Waals surface area contributed by atoms with Crippen molar-refractivity contribution in [2.75, 3.05) is 12.3 Å². The molecule has 0 saturated carbocycles. The van der Waals surface area contributed by atoms with Crippen molar-refractivity contribution in [1.29, 1.82) is 0 Å². The Bertz CT molecular complexity index is 637. The van der Waals surface area contributed by atoms with E-state index in [0.717, 1.165) is 6.07 Å². The molecule has 0 fully saturated rings. The van der Waals surface area contributed by atoms with Gasteiger partial charge in [0, 0.05) is 13.0 Å². The van der Waals surface area contributed by atoms with Crippen molar-refractivity contribution < 1.29 is 17.3 Å². The second-order valence-electron chi connectivity index (χ2n) is 3.64. The maximum Gasteiger partial charge on any atom is 0.245 e. The van der Waals surface area contributed by atoms with Crippen LogP contribution in [0.1, 0.15) is 5.89 Å². The maximum atomic E-state index is 13.5. The molecule has 0 aliphatic rings. The van der Waals surface area contributed by atoms with Gasteiger partial charge in [-0.2, -0.15) is 4.98 Å². The first-order chi connectivity index (χ1) is 9.00. The molecule has 102 valence electrons. The largest absolute Gasteiger partial charge is 0.398 e. The summed E-state index contributed by atoms with van der Waals surface area (Å²) < 4.78 is 44.2. The maximum absolute atomic E-state index is 13.5. The second kappa shape index (κ2) is 5.33. The summed E-state index contributed by atoms with van der Waals surface area (Å²) in [4.78, 5) is 3.18. The lowest BCUT2D eigenvalue weighted by Crippen LogP contribution is -2.27. The quantitative estimate of drug-likeness (QED) is 0.765. The molecular formula is C10H11FN4O3S. The van der Waals surface area contributed by atoms with Crippen LogP contribution in [0.5, 0.6) is 0 Å². The van der Waals surface area contributed by atoms with E-state index in [9.17, 15) is 12.8 Å². The van der Waals surface area contributed by atoms with Gasteiger partial charge in [-0.1, -0.05) is 11.2 Å². The Morgan fingerprint density at radius 3 is 2.84 bits per heavy atom. The highest BCUT2D eigenvalue weighted by Crippen LogP contribution is 2.21. The van der Waals surface area contributed by atoms with Crippen molar-refractivity contribution in [3.63, 3.8) is 0 Å². The number of sulfonamides is 1. The van der Waals surface area contributed by atoms with E-state index in [2.05, 4.69) is 14.9 Å². The van der Waals surface area contributed by atoms with Gasteiger partial charge in [0.25, 0.3) is 0 Å². The summed E-state index contributed by atoms with van der Waals surface area (Å²) in [5, 5.41) is 3.38. The van der Waals surface area contributed by atoms with E-state index >= 15 is 0 Å². The van der Waals surface area contributed by atoms with Gasteiger partial charge >= 0.3 is 0 Å². The normalized spacial score (nSPS) is 11.6. The zero-order valence-electron chi connectivity index (χ0n) is 9.71. The van der Waals surface area contributed by atoms with Gasteiger partial charge in [-0.25, -0.2) is 17.5 Å². The lowest BCUT2D eigenvalue weighted by molar-refractivity contribution is 0.377. The van der Waals surface area contributed by atoms with Crippen molar-refractivity contribution in [3.8, 4) is 0 Å². The molecule has 0 aliphatic heterocycles. The number of nitrogen functional groups attached to an aromatic ring is 1. The van der Waals surface area contributed by atoms with Crippen molar-refractivity contribution in [1.82, 2.24) is 14.9 Å². The molecule has 0 bridgehead atoms. The number of aromatic nitrogens is 2. The van der Waals surface area contributed by atoms with E-state index in [4.69, 9.17) is 10.3 Å². The van der Waals surface area contributed by atoms with Crippen LogP contribution in [-0.2, 0) is 16.4 Å². The predicted octanol–water partition coefficient (Wildman–Crippen LogP) is 0.312. The molecule has 3 N–H and O–H groups in total. The predicted molar refractivity (Wildman–Crippen MR) is 64.0 cm³/mol. The minimum absolute atomic E-state index is 0.00169. The van der Waals surface area contributed by atoms with Crippen molar-refractivity contribution in [2.45, 2.75) is 11.3 Å². The Labute approximate surface area is 108 Å². The Kier molecular flexibility index (Phi) is 3.76. The molecule has 1 heterocycles. The standard InChI is InChI=1S/C10H11FN4O3S/c11-7-2-1-3-8(12)10(7)19(16,17)15-5-4-9-13-6-14-18-9/h1-3,6,15H,4-5,12H2. The first kappa shape index (κ1) is 13.4. The first-order valence-corrected chi connectivity index (χ1v) is 6.78. The molecule has 19 heavy (non-hydrogen) atoms. The van der Waals surface area contributed by atoms with Crippen molar-refractivity contribution >= 4 is 15.7 Å². The van der Waals surface area contributed by atoms with Crippen LogP contribution in [0.4, 0.5) is 10.1 Å². The van der Waals surface area contributed by atoms with Crippen LogP contribution >= 0.6 is 0 Å². The summed E-state index contributed by atoms with van der Waals surface area (Å²) in [5.74, 6) is -0.616. The molecule has 9 heteroatoms. The zero-order valence-corrected chi connectivity index (χ0v) is 10.5. The van der Waals surface area contributed by atoms with Crippen molar-refractivity contribution in [2.24, 2.45) is 0 Å². The molecule has 2 rings (SSSR count). The van der Waals surface area contributed by atoms with Gasteiger partial charge in [0.15, 0.2) is 6.33 Å². The van der Waals surface area contributed by atoms with E-state index < -0.39 is 20.7 Å². The minimum atomic E-state index is -4.01. The van der Waals surface area contributed by atoms with Gasteiger partial charge in [-0.3, -0.25) is 0 Å². The number of benzene rings is 1. The molecule has 1 aromatic carbocycles. The Morgan fingerprint density at radius 2 is 2.21 bits per heavy atom. The number of nitrogens with two attached hydrogens (primary N) is 1. The smallest absolute Gasteiger partial charge is 0.245 e. The molecular weight excluding hydrogens is 275 g/mol. The molecule has 0 spiro atoms. The van der Waals surface area contributed by atoms with Crippen LogP contribution in [0.25, 0.3) is 0 Å². The number of nitrogens with zero attached hydrogens (tertiary/aromatic N) is 2. The van der Waals surface area contributed by atoms with Gasteiger partial charge < -0.3 is 10.3 Å². The van der Waals surface area contributed by atoms with E-state index in [0.29, 0.717) is 0 Å². The second-order valence-corrected chi connectivity index (χ2v) is 5.34. The molecule has 0 atom stereocenters. The molecule has 0 aliphatic carbocycles. The van der Waals surface area contributed by atoms with Crippen molar-refractivity contribution in [3.05, 3.63) is 36.2 Å². The SMILES string of the molecule is Nc1cccc(F)c1S(=O)(=O)NCCc1ncno1. The topological polar surface area (TPSA) is 111 Å². The molecule has 2 aromatic rings. The van der Waals surface area contributed by atoms with Gasteiger partial charge in [-0.05, 0) is 12.1 Å². The van der Waals surface area contributed by atoms with Crippen LogP contribution in [0, 0.1) is 5.82 Å². The lowest BCUT2D eigenvalue weighted by atomic mass is 10.3. The van der Waals surface area contributed by atoms with Crippen LogP contribution < -0.4 is 10.5 Å². The van der Waals surface area contributed by atoms with E-state index in [1.807, 2.05) is 0 Å². The highest BCUT2D eigenvalue weighted by molar-refractivity contribution is 7.89. The number of nitrogens with one attached hydrogen (secondary N) is 1. The fraction of sp³-hybridized carbons (Fsp3) is 0.200. The fourth-order valence-electron chi connectivity index (χ4n) is 1.48. The third kappa shape index (κ3) is 3.06. The van der Waals surface area contributed by atoms with Crippen LogP contribution in [0.3, 0.4) is 0 Å². The number of hydrogen-bond donors (Lipinski definition) is 2. The summed E-state index contributed by atoms with van der Waals surface area (Å²) in [7, 11) is -4.01. The molecule has 1 aromatic heterocycles. The van der Waals surface area contributed by atoms with Gasteiger partial charge in [0.1, 0.15) is 10.7 Å². The monoisotopic (exact) mass is 286 g/mol. The van der Waals surface area contributed by atoms with Gasteiger partial charge in [0.2, 0.25) is 15.9 Å².